The van der Waals surface area contributed by atoms with E-state index >= 15 is 0 Å². The first-order chi connectivity index (χ1) is 14.6. The van der Waals surface area contributed by atoms with Gasteiger partial charge in [0.15, 0.2) is 11.6 Å². The van der Waals surface area contributed by atoms with Gasteiger partial charge in [0.2, 0.25) is 5.95 Å². The highest BCUT2D eigenvalue weighted by molar-refractivity contribution is 5.89. The molecular formula is C23H24FN3O3. The molecule has 7 heteroatoms. The number of carbonyl (C=O) groups excluding carboxylic acids is 1. The van der Waals surface area contributed by atoms with Crippen LogP contribution in [0.25, 0.3) is 11.3 Å². The Morgan fingerprint density at radius 2 is 1.93 bits per heavy atom. The smallest absolute Gasteiger partial charge is 0.337 e. The minimum absolute atomic E-state index is 0.245. The highest BCUT2D eigenvalue weighted by Gasteiger charge is 2.09. The molecule has 1 heterocycles. The number of benzene rings is 2. The summed E-state index contributed by atoms with van der Waals surface area (Å²) in [6.45, 7) is 3.03. The zero-order chi connectivity index (χ0) is 21.3. The van der Waals surface area contributed by atoms with Crippen LogP contribution < -0.4 is 10.1 Å². The molecule has 1 N–H and O–H groups in total. The summed E-state index contributed by atoms with van der Waals surface area (Å²) in [6.07, 6.45) is 3.49. The van der Waals surface area contributed by atoms with Crippen molar-refractivity contribution < 1.29 is 18.7 Å². The van der Waals surface area contributed by atoms with Crippen LogP contribution in [0.3, 0.4) is 0 Å². The molecule has 0 amide bonds. The standard InChI is InChI=1S/C23H24FN3O3/c1-3-4-13-30-21-10-9-18(14-19(21)24)20-11-12-25-23(27-20)26-15-16-5-7-17(8-6-16)22(28)29-2/h5-12,14H,3-4,13,15H2,1-2H3,(H,25,26,27). The van der Waals surface area contributed by atoms with E-state index in [1.807, 2.05) is 12.1 Å². The molecule has 0 aliphatic rings. The average Bonchev–Trinajstić information content (AvgIpc) is 2.79. The molecule has 0 bridgehead atoms. The van der Waals surface area contributed by atoms with Crippen LogP contribution in [-0.4, -0.2) is 29.7 Å². The van der Waals surface area contributed by atoms with Crippen molar-refractivity contribution >= 4 is 11.9 Å². The van der Waals surface area contributed by atoms with Crippen LogP contribution in [0, 0.1) is 5.82 Å². The van der Waals surface area contributed by atoms with Crippen molar-refractivity contribution in [2.75, 3.05) is 19.0 Å². The molecule has 6 nitrogen and oxygen atoms in total. The maximum atomic E-state index is 14.3. The molecule has 0 radical (unpaired) electrons. The number of halogens is 1. The molecule has 0 aliphatic heterocycles. The molecule has 1 aromatic heterocycles. The van der Waals surface area contributed by atoms with E-state index in [0.29, 0.717) is 35.9 Å². The van der Waals surface area contributed by atoms with Crippen LogP contribution in [-0.2, 0) is 11.3 Å². The van der Waals surface area contributed by atoms with Gasteiger partial charge in [-0.25, -0.2) is 19.2 Å². The molecule has 0 saturated carbocycles. The zero-order valence-corrected chi connectivity index (χ0v) is 17.0. The lowest BCUT2D eigenvalue weighted by Gasteiger charge is -2.09. The number of methoxy groups -OCH3 is 1. The van der Waals surface area contributed by atoms with Crippen molar-refractivity contribution in [1.82, 2.24) is 9.97 Å². The first kappa shape index (κ1) is 21.2. The van der Waals surface area contributed by atoms with Gasteiger partial charge in [0.1, 0.15) is 0 Å². The lowest BCUT2D eigenvalue weighted by Crippen LogP contribution is -2.05. The van der Waals surface area contributed by atoms with Crippen molar-refractivity contribution in [3.05, 3.63) is 71.7 Å². The third-order valence-corrected chi connectivity index (χ3v) is 4.46. The van der Waals surface area contributed by atoms with Crippen molar-refractivity contribution in [2.45, 2.75) is 26.3 Å². The summed E-state index contributed by atoms with van der Waals surface area (Å²) in [5, 5.41) is 3.14. The number of anilines is 1. The second-order valence-corrected chi connectivity index (χ2v) is 6.65. The Kier molecular flexibility index (Phi) is 7.32. The lowest BCUT2D eigenvalue weighted by molar-refractivity contribution is 0.0600. The monoisotopic (exact) mass is 409 g/mol. The third-order valence-electron chi connectivity index (χ3n) is 4.46. The summed E-state index contributed by atoms with van der Waals surface area (Å²) >= 11 is 0. The maximum absolute atomic E-state index is 14.3. The van der Waals surface area contributed by atoms with Gasteiger partial charge in [0.05, 0.1) is 25.0 Å². The first-order valence-corrected chi connectivity index (χ1v) is 9.77. The minimum Gasteiger partial charge on any atom is -0.491 e. The van der Waals surface area contributed by atoms with Gasteiger partial charge in [-0.05, 0) is 48.4 Å². The van der Waals surface area contributed by atoms with E-state index in [9.17, 15) is 9.18 Å². The predicted molar refractivity (Wildman–Crippen MR) is 113 cm³/mol. The summed E-state index contributed by atoms with van der Waals surface area (Å²) in [5.74, 6) is -0.120. The van der Waals surface area contributed by atoms with Gasteiger partial charge >= 0.3 is 5.97 Å². The Morgan fingerprint density at radius 1 is 1.13 bits per heavy atom. The van der Waals surface area contributed by atoms with E-state index < -0.39 is 5.82 Å². The molecule has 156 valence electrons. The SMILES string of the molecule is CCCCOc1ccc(-c2ccnc(NCc3ccc(C(=O)OC)cc3)n2)cc1F. The molecule has 0 fully saturated rings. The second kappa shape index (κ2) is 10.3. The fourth-order valence-corrected chi connectivity index (χ4v) is 2.77. The molecule has 30 heavy (non-hydrogen) atoms. The molecule has 3 aromatic rings. The van der Waals surface area contributed by atoms with Gasteiger partial charge in [-0.15, -0.1) is 0 Å². The van der Waals surface area contributed by atoms with E-state index in [1.54, 1.807) is 36.5 Å². The number of carbonyl (C=O) groups is 1. The van der Waals surface area contributed by atoms with Gasteiger partial charge in [0, 0.05) is 18.3 Å². The number of ether oxygens (including phenoxy) is 2. The summed E-state index contributed by atoms with van der Waals surface area (Å²) in [6, 6.07) is 13.6. The third kappa shape index (κ3) is 5.53. The Labute approximate surface area is 175 Å². The summed E-state index contributed by atoms with van der Waals surface area (Å²) in [7, 11) is 1.35. The molecule has 0 aliphatic carbocycles. The van der Waals surface area contributed by atoms with Crippen LogP contribution >= 0.6 is 0 Å². The lowest BCUT2D eigenvalue weighted by atomic mass is 10.1. The minimum atomic E-state index is -0.414. The molecule has 0 atom stereocenters. The largest absolute Gasteiger partial charge is 0.491 e. The summed E-state index contributed by atoms with van der Waals surface area (Å²) in [4.78, 5) is 20.2. The second-order valence-electron chi connectivity index (χ2n) is 6.65. The number of nitrogens with zero attached hydrogens (tertiary/aromatic N) is 2. The van der Waals surface area contributed by atoms with Crippen molar-refractivity contribution in [3.8, 4) is 17.0 Å². The van der Waals surface area contributed by atoms with Crippen molar-refractivity contribution in [2.24, 2.45) is 0 Å². The van der Waals surface area contributed by atoms with Crippen LogP contribution in [0.5, 0.6) is 5.75 Å². The number of rotatable bonds is 9. The van der Waals surface area contributed by atoms with Crippen LogP contribution in [0.4, 0.5) is 10.3 Å². The normalized spacial score (nSPS) is 10.5. The Morgan fingerprint density at radius 3 is 2.63 bits per heavy atom. The Balaban J connectivity index is 1.66. The number of hydrogen-bond acceptors (Lipinski definition) is 6. The molecule has 2 aromatic carbocycles. The van der Waals surface area contributed by atoms with Gasteiger partial charge in [-0.3, -0.25) is 0 Å². The quantitative estimate of drug-likeness (QED) is 0.402. The topological polar surface area (TPSA) is 73.3 Å². The van der Waals surface area contributed by atoms with E-state index in [4.69, 9.17) is 9.47 Å². The number of nitrogens with one attached hydrogen (secondary N) is 1. The van der Waals surface area contributed by atoms with Gasteiger partial charge in [-0.1, -0.05) is 25.5 Å². The number of esters is 1. The van der Waals surface area contributed by atoms with Gasteiger partial charge < -0.3 is 14.8 Å². The fourth-order valence-electron chi connectivity index (χ4n) is 2.77. The van der Waals surface area contributed by atoms with E-state index in [0.717, 1.165) is 18.4 Å². The number of hydrogen-bond donors (Lipinski definition) is 1. The molecule has 0 spiro atoms. The van der Waals surface area contributed by atoms with Gasteiger partial charge in [0.25, 0.3) is 0 Å². The first-order valence-electron chi connectivity index (χ1n) is 9.77. The predicted octanol–water partition coefficient (Wildman–Crippen LogP) is 4.86. The number of unbranched alkanes of at least 4 members (excludes halogenated alkanes) is 1. The maximum Gasteiger partial charge on any atom is 0.337 e. The van der Waals surface area contributed by atoms with Crippen molar-refractivity contribution in [1.29, 1.82) is 0 Å². The molecule has 3 rings (SSSR count). The summed E-state index contributed by atoms with van der Waals surface area (Å²) < 4.78 is 24.5. The average molecular weight is 409 g/mol. The fraction of sp³-hybridized carbons (Fsp3) is 0.261. The zero-order valence-electron chi connectivity index (χ0n) is 17.0. The van der Waals surface area contributed by atoms with E-state index in [2.05, 4.69) is 22.2 Å². The summed E-state index contributed by atoms with van der Waals surface area (Å²) in [5.41, 5.74) is 2.69. The molecular weight excluding hydrogens is 385 g/mol. The van der Waals surface area contributed by atoms with E-state index in [-0.39, 0.29) is 11.7 Å². The van der Waals surface area contributed by atoms with Crippen molar-refractivity contribution in [3.63, 3.8) is 0 Å². The van der Waals surface area contributed by atoms with Crippen LogP contribution in [0.15, 0.2) is 54.7 Å². The Hall–Kier alpha value is -3.48. The van der Waals surface area contributed by atoms with Crippen LogP contribution in [0.1, 0.15) is 35.7 Å². The molecule has 0 unspecified atom stereocenters. The number of aromatic nitrogens is 2. The van der Waals surface area contributed by atoms with Crippen LogP contribution in [0.2, 0.25) is 0 Å². The highest BCUT2D eigenvalue weighted by Crippen LogP contribution is 2.25. The molecule has 0 saturated heterocycles. The van der Waals surface area contributed by atoms with E-state index in [1.165, 1.54) is 13.2 Å². The van der Waals surface area contributed by atoms with Gasteiger partial charge in [-0.2, -0.15) is 0 Å². The highest BCUT2D eigenvalue weighted by atomic mass is 19.1. The Bertz CT molecular complexity index is 993.